The summed E-state index contributed by atoms with van der Waals surface area (Å²) in [5.74, 6) is 1.70. The van der Waals surface area contributed by atoms with Crippen LogP contribution in [0.4, 0.5) is 18.9 Å². The Labute approximate surface area is 210 Å². The molecular formula is C28H35F3N2O3. The Bertz CT molecular complexity index is 1060. The third kappa shape index (κ3) is 4.30. The van der Waals surface area contributed by atoms with Gasteiger partial charge in [-0.25, -0.2) is 0 Å². The number of hydrogen-bond acceptors (Lipinski definition) is 3. The molecule has 0 spiro atoms. The number of likely N-dealkylation sites (N-methyl/N-ethyl adjacent to an activating group) is 1. The average molecular weight is 505 g/mol. The molecule has 1 aromatic rings. The van der Waals surface area contributed by atoms with Gasteiger partial charge in [0, 0.05) is 30.6 Å². The lowest BCUT2D eigenvalue weighted by molar-refractivity contribution is -0.274. The highest BCUT2D eigenvalue weighted by Crippen LogP contribution is 2.66. The fraction of sp³-hybridized carbons (Fsp3) is 0.643. The smallest absolute Gasteiger partial charge is 0.406 e. The first-order valence-electron chi connectivity index (χ1n) is 13.0. The van der Waals surface area contributed by atoms with E-state index in [1.54, 1.807) is 6.08 Å². The Morgan fingerprint density at radius 2 is 1.81 bits per heavy atom. The van der Waals surface area contributed by atoms with Crippen LogP contribution in [0.5, 0.6) is 5.75 Å². The molecule has 0 radical (unpaired) electrons. The number of fused-ring (bicyclic) bond motifs is 5. The zero-order valence-electron chi connectivity index (χ0n) is 21.1. The third-order valence-electron chi connectivity index (χ3n) is 10.1. The van der Waals surface area contributed by atoms with E-state index in [2.05, 4.69) is 30.0 Å². The van der Waals surface area contributed by atoms with Crippen molar-refractivity contribution in [1.29, 1.82) is 0 Å². The van der Waals surface area contributed by atoms with Gasteiger partial charge in [-0.1, -0.05) is 19.9 Å². The molecule has 0 saturated heterocycles. The van der Waals surface area contributed by atoms with E-state index in [1.807, 2.05) is 11.9 Å². The highest BCUT2D eigenvalue weighted by atomic mass is 19.4. The normalized spacial score (nSPS) is 37.7. The van der Waals surface area contributed by atoms with Crippen LogP contribution in [0, 0.1) is 34.5 Å². The lowest BCUT2D eigenvalue weighted by Crippen LogP contribution is -2.59. The number of nitrogens with zero attached hydrogens (tertiary/aromatic N) is 1. The van der Waals surface area contributed by atoms with Gasteiger partial charge in [-0.2, -0.15) is 0 Å². The molecule has 4 unspecified atom stereocenters. The Morgan fingerprint density at radius 1 is 1.08 bits per heavy atom. The molecule has 1 aliphatic heterocycles. The molecule has 4 aliphatic rings. The molecule has 5 nitrogen and oxygen atoms in total. The summed E-state index contributed by atoms with van der Waals surface area (Å²) in [6.45, 7) is 4.70. The molecule has 36 heavy (non-hydrogen) atoms. The molecule has 0 aromatic heterocycles. The van der Waals surface area contributed by atoms with E-state index >= 15 is 0 Å². The Balaban J connectivity index is 1.24. The van der Waals surface area contributed by atoms with Crippen LogP contribution in [0.15, 0.2) is 36.4 Å². The highest BCUT2D eigenvalue weighted by Gasteiger charge is 2.60. The molecule has 0 bridgehead atoms. The SMILES string of the molecule is CN1C(=O)C=C[C@]2(C)C3CC[C@@]4(C)C(CC[C@@H]4CC(=O)Nc4ccc(OC(F)(F)F)cc4)C3CCC12. The number of rotatable bonds is 4. The Hall–Kier alpha value is -2.51. The number of anilines is 1. The molecule has 1 aromatic carbocycles. The molecule has 1 heterocycles. The number of ether oxygens (including phenoxy) is 1. The second-order valence-corrected chi connectivity index (χ2v) is 11.8. The molecule has 3 aliphatic carbocycles. The van der Waals surface area contributed by atoms with Crippen molar-refractivity contribution in [2.75, 3.05) is 12.4 Å². The van der Waals surface area contributed by atoms with Gasteiger partial charge < -0.3 is 15.0 Å². The van der Waals surface area contributed by atoms with Crippen molar-refractivity contribution in [1.82, 2.24) is 4.90 Å². The van der Waals surface area contributed by atoms with E-state index in [4.69, 9.17) is 0 Å². The monoisotopic (exact) mass is 504 g/mol. The zero-order chi connectivity index (χ0) is 25.9. The number of nitrogens with one attached hydrogen (secondary N) is 1. The molecule has 1 N–H and O–H groups in total. The first-order chi connectivity index (χ1) is 16.9. The van der Waals surface area contributed by atoms with Crippen LogP contribution in [-0.2, 0) is 9.59 Å². The van der Waals surface area contributed by atoms with Gasteiger partial charge in [-0.05, 0) is 98.0 Å². The maximum absolute atomic E-state index is 12.9. The van der Waals surface area contributed by atoms with Gasteiger partial charge in [-0.15, -0.1) is 13.2 Å². The molecule has 5 rings (SSSR count). The summed E-state index contributed by atoms with van der Waals surface area (Å²) in [6.07, 6.45) is 6.10. The maximum Gasteiger partial charge on any atom is 0.573 e. The molecular weight excluding hydrogens is 469 g/mol. The van der Waals surface area contributed by atoms with Crippen molar-refractivity contribution in [2.24, 2.45) is 34.5 Å². The second-order valence-electron chi connectivity index (χ2n) is 11.8. The van der Waals surface area contributed by atoms with Crippen LogP contribution in [0.2, 0.25) is 0 Å². The fourth-order valence-corrected chi connectivity index (χ4v) is 8.36. The van der Waals surface area contributed by atoms with Crippen LogP contribution >= 0.6 is 0 Å². The van der Waals surface area contributed by atoms with Crippen LogP contribution in [-0.4, -0.2) is 36.2 Å². The van der Waals surface area contributed by atoms with Crippen molar-refractivity contribution in [3.05, 3.63) is 36.4 Å². The summed E-state index contributed by atoms with van der Waals surface area (Å²) in [5, 5.41) is 2.86. The van der Waals surface area contributed by atoms with Gasteiger partial charge in [-0.3, -0.25) is 9.59 Å². The minimum absolute atomic E-state index is 0.00433. The summed E-state index contributed by atoms with van der Waals surface area (Å²) in [5.41, 5.74) is 0.572. The van der Waals surface area contributed by atoms with Gasteiger partial charge >= 0.3 is 6.36 Å². The summed E-state index contributed by atoms with van der Waals surface area (Å²) in [4.78, 5) is 27.1. The lowest BCUT2D eigenvalue weighted by Gasteiger charge is -2.60. The number of carbonyl (C=O) groups is 2. The van der Waals surface area contributed by atoms with Crippen LogP contribution < -0.4 is 10.1 Å². The van der Waals surface area contributed by atoms with Gasteiger partial charge in [0.2, 0.25) is 11.8 Å². The number of amides is 2. The number of halogens is 3. The first kappa shape index (κ1) is 25.2. The minimum atomic E-state index is -4.74. The van der Waals surface area contributed by atoms with E-state index < -0.39 is 6.36 Å². The standard InChI is InChI=1S/C28H35F3N2O3/c1-26-14-12-22-20(9-11-23-27(22,2)15-13-25(35)33(23)3)21(26)10-4-17(26)16-24(34)32-18-5-7-19(8-6-18)36-28(29,30)31/h5-8,13,15,17,20-23H,4,9-12,14,16H2,1-3H3,(H,32,34)/t17-,20?,21?,22?,23?,26-,27-/m1/s1. The Morgan fingerprint density at radius 3 is 2.50 bits per heavy atom. The summed E-state index contributed by atoms with van der Waals surface area (Å²) in [7, 11) is 1.93. The van der Waals surface area contributed by atoms with Crippen molar-refractivity contribution in [3.8, 4) is 5.75 Å². The fourth-order valence-electron chi connectivity index (χ4n) is 8.36. The minimum Gasteiger partial charge on any atom is -0.406 e. The number of hydrogen-bond donors (Lipinski definition) is 1. The van der Waals surface area contributed by atoms with E-state index in [1.165, 1.54) is 24.3 Å². The molecule has 3 saturated carbocycles. The summed E-state index contributed by atoms with van der Waals surface area (Å²) < 4.78 is 41.0. The predicted molar refractivity (Wildman–Crippen MR) is 130 cm³/mol. The zero-order valence-corrected chi connectivity index (χ0v) is 21.1. The number of carbonyl (C=O) groups excluding carboxylic acids is 2. The average Bonchev–Trinajstić information content (AvgIpc) is 3.13. The third-order valence-corrected chi connectivity index (χ3v) is 10.1. The summed E-state index contributed by atoms with van der Waals surface area (Å²) >= 11 is 0. The van der Waals surface area contributed by atoms with Gasteiger partial charge in [0.15, 0.2) is 0 Å². The number of benzene rings is 1. The van der Waals surface area contributed by atoms with Crippen molar-refractivity contribution in [2.45, 2.75) is 71.2 Å². The van der Waals surface area contributed by atoms with Crippen molar-refractivity contribution < 1.29 is 27.5 Å². The van der Waals surface area contributed by atoms with Crippen LogP contribution in [0.25, 0.3) is 0 Å². The van der Waals surface area contributed by atoms with Gasteiger partial charge in [0.1, 0.15) is 5.75 Å². The first-order valence-corrected chi connectivity index (χ1v) is 13.0. The summed E-state index contributed by atoms with van der Waals surface area (Å²) in [6, 6.07) is 5.54. The highest BCUT2D eigenvalue weighted by molar-refractivity contribution is 5.91. The van der Waals surface area contributed by atoms with Crippen molar-refractivity contribution in [3.63, 3.8) is 0 Å². The van der Waals surface area contributed by atoms with Crippen LogP contribution in [0.1, 0.15) is 58.8 Å². The lowest BCUT2D eigenvalue weighted by atomic mass is 9.47. The largest absolute Gasteiger partial charge is 0.573 e. The van der Waals surface area contributed by atoms with Crippen molar-refractivity contribution >= 4 is 17.5 Å². The molecule has 3 fully saturated rings. The quantitative estimate of drug-likeness (QED) is 0.534. The van der Waals surface area contributed by atoms with E-state index in [-0.39, 0.29) is 40.4 Å². The topological polar surface area (TPSA) is 58.6 Å². The van der Waals surface area contributed by atoms with E-state index in [0.717, 1.165) is 38.5 Å². The number of alkyl halides is 3. The molecule has 2 amide bonds. The maximum atomic E-state index is 12.9. The van der Waals surface area contributed by atoms with Crippen LogP contribution in [0.3, 0.4) is 0 Å². The Kier molecular flexibility index (Phi) is 6.15. The van der Waals surface area contributed by atoms with Gasteiger partial charge in [0.25, 0.3) is 0 Å². The molecule has 8 heteroatoms. The van der Waals surface area contributed by atoms with E-state index in [9.17, 15) is 22.8 Å². The van der Waals surface area contributed by atoms with Gasteiger partial charge in [0.05, 0.1) is 0 Å². The second kappa shape index (κ2) is 8.80. The van der Waals surface area contributed by atoms with E-state index in [0.29, 0.717) is 29.9 Å². The predicted octanol–water partition coefficient (Wildman–Crippen LogP) is 6.17. The molecule has 7 atom stereocenters. The molecule has 196 valence electrons.